The summed E-state index contributed by atoms with van der Waals surface area (Å²) in [6, 6.07) is 2.28. The van der Waals surface area contributed by atoms with Crippen LogP contribution in [0.4, 0.5) is 5.13 Å². The molecule has 3 aromatic heterocycles. The number of nitrogens with one attached hydrogen (secondary N) is 1. The minimum atomic E-state index is -3.10. The fraction of sp³-hybridized carbons (Fsp3) is 0.438. The second-order valence-corrected chi connectivity index (χ2v) is 9.52. The number of rotatable bonds is 4. The summed E-state index contributed by atoms with van der Waals surface area (Å²) in [5, 5.41) is 8.87. The lowest BCUT2D eigenvalue weighted by Crippen LogP contribution is -2.41. The quantitative estimate of drug-likeness (QED) is 0.730. The maximum atomic E-state index is 11.6. The van der Waals surface area contributed by atoms with Crippen LogP contribution in [0.3, 0.4) is 0 Å². The molecule has 3 aromatic rings. The first kappa shape index (κ1) is 17.4. The molecule has 1 aliphatic rings. The van der Waals surface area contributed by atoms with E-state index >= 15 is 0 Å². The number of anilines is 1. The monoisotopic (exact) mass is 392 g/mol. The number of fused-ring (bicyclic) bond motifs is 1. The number of imidazole rings is 1. The molecule has 8 nitrogen and oxygen atoms in total. The van der Waals surface area contributed by atoms with Crippen LogP contribution >= 0.6 is 11.3 Å². The zero-order chi connectivity index (χ0) is 18.3. The highest BCUT2D eigenvalue weighted by Gasteiger charge is 2.25. The topological polar surface area (TPSA) is 92.5 Å². The van der Waals surface area contributed by atoms with Crippen LogP contribution < -0.4 is 5.32 Å². The summed E-state index contributed by atoms with van der Waals surface area (Å²) in [5.41, 5.74) is 2.98. The molecule has 0 radical (unpaired) electrons. The zero-order valence-corrected chi connectivity index (χ0v) is 16.2. The van der Waals surface area contributed by atoms with Gasteiger partial charge in [0.15, 0.2) is 0 Å². The van der Waals surface area contributed by atoms with Crippen LogP contribution in [0, 0.1) is 6.92 Å². The number of nitrogens with zero attached hydrogens (tertiary/aromatic N) is 5. The van der Waals surface area contributed by atoms with Gasteiger partial charge in [0, 0.05) is 37.1 Å². The van der Waals surface area contributed by atoms with E-state index in [1.165, 1.54) is 21.9 Å². The van der Waals surface area contributed by atoms with Crippen molar-refractivity contribution >= 4 is 31.5 Å². The summed E-state index contributed by atoms with van der Waals surface area (Å²) in [7, 11) is -3.10. The third-order valence-electron chi connectivity index (χ3n) is 4.51. The molecule has 0 unspecified atom stereocenters. The smallest absolute Gasteiger partial charge is 0.214 e. The number of aromatic nitrogens is 4. The Kier molecular flexibility index (Phi) is 4.41. The Morgan fingerprint density at radius 2 is 2.00 bits per heavy atom. The largest absolute Gasteiger partial charge is 0.357 e. The van der Waals surface area contributed by atoms with Gasteiger partial charge >= 0.3 is 0 Å². The van der Waals surface area contributed by atoms with E-state index in [0.29, 0.717) is 13.1 Å². The number of aryl methyl sites for hydroxylation is 1. The molecule has 1 aliphatic heterocycles. The highest BCUT2D eigenvalue weighted by atomic mass is 32.2. The second kappa shape index (κ2) is 6.60. The predicted octanol–water partition coefficient (Wildman–Crippen LogP) is 2.00. The molecule has 4 heterocycles. The molecule has 1 fully saturated rings. The van der Waals surface area contributed by atoms with Crippen molar-refractivity contribution in [2.24, 2.45) is 0 Å². The van der Waals surface area contributed by atoms with Crippen molar-refractivity contribution in [2.75, 3.05) is 24.7 Å². The summed E-state index contributed by atoms with van der Waals surface area (Å²) >= 11 is 1.49. The van der Waals surface area contributed by atoms with Gasteiger partial charge in [-0.1, -0.05) is 11.3 Å². The molecule has 0 aromatic carbocycles. The SMILES string of the molecule is Cc1cncc(-c2cnc3sc(NC4CCN(S(C)(=O)=O)CC4)nn23)c1. The van der Waals surface area contributed by atoms with Gasteiger partial charge in [0.05, 0.1) is 18.1 Å². The lowest BCUT2D eigenvalue weighted by Gasteiger charge is -2.30. The summed E-state index contributed by atoms with van der Waals surface area (Å²) in [6.07, 6.45) is 8.23. The van der Waals surface area contributed by atoms with Crippen LogP contribution in [0.25, 0.3) is 16.2 Å². The van der Waals surface area contributed by atoms with E-state index in [1.54, 1.807) is 0 Å². The van der Waals surface area contributed by atoms with Crippen molar-refractivity contribution in [1.82, 2.24) is 23.9 Å². The van der Waals surface area contributed by atoms with Crippen molar-refractivity contribution < 1.29 is 8.42 Å². The van der Waals surface area contributed by atoms with Gasteiger partial charge < -0.3 is 5.32 Å². The molecular weight excluding hydrogens is 372 g/mol. The van der Waals surface area contributed by atoms with E-state index < -0.39 is 10.0 Å². The van der Waals surface area contributed by atoms with Crippen LogP contribution in [0.1, 0.15) is 18.4 Å². The van der Waals surface area contributed by atoms with E-state index in [4.69, 9.17) is 0 Å². The van der Waals surface area contributed by atoms with Crippen LogP contribution in [0.5, 0.6) is 0 Å². The fourth-order valence-electron chi connectivity index (χ4n) is 3.15. The van der Waals surface area contributed by atoms with Crippen LogP contribution in [-0.2, 0) is 10.0 Å². The molecular formula is C16H20N6O2S2. The summed E-state index contributed by atoms with van der Waals surface area (Å²) in [5.74, 6) is 0. The molecule has 0 spiro atoms. The predicted molar refractivity (Wildman–Crippen MR) is 102 cm³/mol. The second-order valence-electron chi connectivity index (χ2n) is 6.58. The van der Waals surface area contributed by atoms with Crippen LogP contribution in [0.15, 0.2) is 24.7 Å². The maximum Gasteiger partial charge on any atom is 0.214 e. The van der Waals surface area contributed by atoms with E-state index in [0.717, 1.165) is 39.8 Å². The molecule has 0 atom stereocenters. The molecule has 138 valence electrons. The Hall–Kier alpha value is -2.04. The number of piperidine rings is 1. The zero-order valence-electron chi connectivity index (χ0n) is 14.6. The first-order chi connectivity index (χ1) is 12.4. The van der Waals surface area contributed by atoms with E-state index in [2.05, 4.69) is 26.4 Å². The molecule has 0 aliphatic carbocycles. The van der Waals surface area contributed by atoms with Crippen LogP contribution in [-0.4, -0.2) is 57.7 Å². The standard InChI is InChI=1S/C16H20N6O2S2/c1-11-7-12(9-17-8-11)14-10-18-16-22(14)20-15(25-16)19-13-3-5-21(6-4-13)26(2,23)24/h7-10,13H,3-6H2,1-2H3,(H,19,20). The molecule has 10 heteroatoms. The Bertz CT molecular complexity index is 1030. The number of pyridine rings is 1. The normalized spacial score (nSPS) is 17.0. The summed E-state index contributed by atoms with van der Waals surface area (Å²) in [4.78, 5) is 9.50. The van der Waals surface area contributed by atoms with Gasteiger partial charge in [-0.05, 0) is 31.4 Å². The number of hydrogen-bond acceptors (Lipinski definition) is 7. The van der Waals surface area contributed by atoms with Crippen molar-refractivity contribution in [1.29, 1.82) is 0 Å². The van der Waals surface area contributed by atoms with Gasteiger partial charge in [-0.3, -0.25) is 4.98 Å². The maximum absolute atomic E-state index is 11.6. The van der Waals surface area contributed by atoms with Crippen molar-refractivity contribution in [2.45, 2.75) is 25.8 Å². The Morgan fingerprint density at radius 1 is 1.23 bits per heavy atom. The highest BCUT2D eigenvalue weighted by Crippen LogP contribution is 2.27. The van der Waals surface area contributed by atoms with E-state index in [-0.39, 0.29) is 6.04 Å². The first-order valence-corrected chi connectivity index (χ1v) is 11.0. The fourth-order valence-corrected chi connectivity index (χ4v) is 4.88. The van der Waals surface area contributed by atoms with E-state index in [1.807, 2.05) is 30.0 Å². The Morgan fingerprint density at radius 3 is 2.69 bits per heavy atom. The molecule has 0 bridgehead atoms. The van der Waals surface area contributed by atoms with Gasteiger partial charge in [-0.15, -0.1) is 5.10 Å². The highest BCUT2D eigenvalue weighted by molar-refractivity contribution is 7.88. The van der Waals surface area contributed by atoms with Gasteiger partial charge in [0.2, 0.25) is 20.1 Å². The van der Waals surface area contributed by atoms with E-state index in [9.17, 15) is 8.42 Å². The lowest BCUT2D eigenvalue weighted by atomic mass is 10.1. The Balaban J connectivity index is 1.51. The lowest BCUT2D eigenvalue weighted by molar-refractivity contribution is 0.332. The molecule has 0 amide bonds. The van der Waals surface area contributed by atoms with Crippen molar-refractivity contribution in [3.05, 3.63) is 30.2 Å². The number of hydrogen-bond donors (Lipinski definition) is 1. The van der Waals surface area contributed by atoms with Crippen molar-refractivity contribution in [3.8, 4) is 11.3 Å². The average Bonchev–Trinajstić information content (AvgIpc) is 3.14. The van der Waals surface area contributed by atoms with Gasteiger partial charge in [-0.25, -0.2) is 22.2 Å². The third-order valence-corrected chi connectivity index (χ3v) is 6.66. The minimum Gasteiger partial charge on any atom is -0.357 e. The molecule has 1 N–H and O–H groups in total. The third kappa shape index (κ3) is 3.44. The molecule has 4 rings (SSSR count). The van der Waals surface area contributed by atoms with Gasteiger partial charge in [-0.2, -0.15) is 0 Å². The molecule has 26 heavy (non-hydrogen) atoms. The minimum absolute atomic E-state index is 0.216. The molecule has 0 saturated carbocycles. The van der Waals surface area contributed by atoms with Gasteiger partial charge in [0.1, 0.15) is 0 Å². The van der Waals surface area contributed by atoms with Crippen LogP contribution in [0.2, 0.25) is 0 Å². The Labute approximate surface area is 155 Å². The number of sulfonamides is 1. The first-order valence-electron chi connectivity index (χ1n) is 8.38. The average molecular weight is 393 g/mol. The molecule has 1 saturated heterocycles. The summed E-state index contributed by atoms with van der Waals surface area (Å²) < 4.78 is 26.6. The van der Waals surface area contributed by atoms with Gasteiger partial charge in [0.25, 0.3) is 0 Å². The summed E-state index contributed by atoms with van der Waals surface area (Å²) in [6.45, 7) is 3.09. The van der Waals surface area contributed by atoms with Crippen molar-refractivity contribution in [3.63, 3.8) is 0 Å².